The van der Waals surface area contributed by atoms with Crippen LogP contribution in [0.5, 0.6) is 0 Å². The van der Waals surface area contributed by atoms with E-state index in [-0.39, 0.29) is 6.04 Å². The molecule has 3 heterocycles. The molecule has 6 nitrogen and oxygen atoms in total. The second kappa shape index (κ2) is 5.79. The van der Waals surface area contributed by atoms with Crippen LogP contribution in [0, 0.1) is 6.92 Å². The molecule has 0 aliphatic carbocycles. The summed E-state index contributed by atoms with van der Waals surface area (Å²) in [6.45, 7) is 7.17. The summed E-state index contributed by atoms with van der Waals surface area (Å²) in [4.78, 5) is 15.9. The van der Waals surface area contributed by atoms with E-state index in [1.807, 2.05) is 19.2 Å². The van der Waals surface area contributed by atoms with E-state index in [1.54, 1.807) is 0 Å². The maximum atomic E-state index is 4.67. The lowest BCUT2D eigenvalue weighted by Crippen LogP contribution is -2.35. The van der Waals surface area contributed by atoms with Gasteiger partial charge in [0.25, 0.3) is 0 Å². The van der Waals surface area contributed by atoms with Crippen molar-refractivity contribution in [3.8, 4) is 0 Å². The Morgan fingerprint density at radius 3 is 2.86 bits per heavy atom. The van der Waals surface area contributed by atoms with Crippen LogP contribution >= 0.6 is 0 Å². The molecule has 3 rings (SSSR count). The van der Waals surface area contributed by atoms with Crippen LogP contribution < -0.4 is 4.90 Å². The lowest BCUT2D eigenvalue weighted by atomic mass is 10.0. The highest BCUT2D eigenvalue weighted by Gasteiger charge is 2.29. The van der Waals surface area contributed by atoms with Gasteiger partial charge >= 0.3 is 0 Å². The van der Waals surface area contributed by atoms with Crippen molar-refractivity contribution in [1.29, 1.82) is 0 Å². The molecule has 1 saturated heterocycles. The molecule has 1 N–H and O–H groups in total. The first-order chi connectivity index (χ1) is 10.1. The van der Waals surface area contributed by atoms with Crippen LogP contribution in [0.3, 0.4) is 0 Å². The average molecular weight is 286 g/mol. The molecule has 6 heteroatoms. The van der Waals surface area contributed by atoms with E-state index in [9.17, 15) is 0 Å². The Hall–Kier alpha value is -1.98. The summed E-state index contributed by atoms with van der Waals surface area (Å²) in [5.74, 6) is 2.94. The van der Waals surface area contributed by atoms with Crippen molar-refractivity contribution in [2.24, 2.45) is 0 Å². The Morgan fingerprint density at radius 2 is 2.14 bits per heavy atom. The molecule has 1 atom stereocenters. The quantitative estimate of drug-likeness (QED) is 0.939. The summed E-state index contributed by atoms with van der Waals surface area (Å²) >= 11 is 0. The van der Waals surface area contributed by atoms with Gasteiger partial charge in [-0.2, -0.15) is 5.10 Å². The minimum absolute atomic E-state index is 0.195. The molecule has 0 radical (unpaired) electrons. The average Bonchev–Trinajstić information content (AvgIpc) is 2.97. The molecule has 2 aromatic rings. The van der Waals surface area contributed by atoms with Gasteiger partial charge in [-0.05, 0) is 32.3 Å². The van der Waals surface area contributed by atoms with Gasteiger partial charge in [0, 0.05) is 24.4 Å². The normalized spacial score (nSPS) is 19.2. The zero-order valence-corrected chi connectivity index (χ0v) is 12.9. The van der Waals surface area contributed by atoms with Gasteiger partial charge in [0.1, 0.15) is 5.82 Å². The maximum absolute atomic E-state index is 4.67. The van der Waals surface area contributed by atoms with Crippen molar-refractivity contribution >= 4 is 5.95 Å². The fraction of sp³-hybridized carbons (Fsp3) is 0.600. The van der Waals surface area contributed by atoms with E-state index in [0.29, 0.717) is 5.92 Å². The van der Waals surface area contributed by atoms with E-state index in [2.05, 4.69) is 43.9 Å². The van der Waals surface area contributed by atoms with Gasteiger partial charge in [0.15, 0.2) is 5.82 Å². The monoisotopic (exact) mass is 286 g/mol. The molecular weight excluding hydrogens is 264 g/mol. The molecule has 0 spiro atoms. The van der Waals surface area contributed by atoms with Crippen LogP contribution in [0.25, 0.3) is 0 Å². The first kappa shape index (κ1) is 14.0. The molecule has 1 unspecified atom stereocenters. The number of nitrogens with one attached hydrogen (secondary N) is 1. The molecule has 0 aromatic carbocycles. The molecule has 0 amide bonds. The summed E-state index contributed by atoms with van der Waals surface area (Å²) in [6, 6.07) is 2.12. The first-order valence-electron chi connectivity index (χ1n) is 7.63. The van der Waals surface area contributed by atoms with Gasteiger partial charge < -0.3 is 4.90 Å². The summed E-state index contributed by atoms with van der Waals surface area (Å²) in [7, 11) is 0. The summed E-state index contributed by atoms with van der Waals surface area (Å²) in [5, 5.41) is 7.45. The van der Waals surface area contributed by atoms with Crippen molar-refractivity contribution in [1.82, 2.24) is 25.1 Å². The van der Waals surface area contributed by atoms with Gasteiger partial charge in [-0.15, -0.1) is 0 Å². The van der Waals surface area contributed by atoms with Crippen molar-refractivity contribution < 1.29 is 0 Å². The van der Waals surface area contributed by atoms with Gasteiger partial charge in [-0.25, -0.2) is 15.0 Å². The van der Waals surface area contributed by atoms with Crippen LogP contribution in [0.2, 0.25) is 0 Å². The van der Waals surface area contributed by atoms with Crippen LogP contribution in [-0.4, -0.2) is 31.7 Å². The number of hydrogen-bond donors (Lipinski definition) is 1. The number of piperidine rings is 1. The summed E-state index contributed by atoms with van der Waals surface area (Å²) < 4.78 is 0. The van der Waals surface area contributed by atoms with E-state index < -0.39 is 0 Å². The first-order valence-corrected chi connectivity index (χ1v) is 7.63. The highest BCUT2D eigenvalue weighted by atomic mass is 15.3. The third kappa shape index (κ3) is 2.89. The molecular formula is C15H22N6. The standard InChI is InChI=1S/C15H22N6/c1-10(2)13-18-14(20-19-13)12-6-4-5-9-21(12)15-16-8-7-11(3)17-15/h7-8,10,12H,4-6,9H2,1-3H3,(H,18,19,20). The van der Waals surface area contributed by atoms with Crippen molar-refractivity contribution in [2.75, 3.05) is 11.4 Å². The van der Waals surface area contributed by atoms with Crippen LogP contribution in [0.1, 0.15) is 62.4 Å². The molecule has 21 heavy (non-hydrogen) atoms. The minimum atomic E-state index is 0.195. The number of aromatic amines is 1. The predicted octanol–water partition coefficient (Wildman–Crippen LogP) is 2.76. The molecule has 2 aromatic heterocycles. The van der Waals surface area contributed by atoms with E-state index in [4.69, 9.17) is 0 Å². The maximum Gasteiger partial charge on any atom is 0.226 e. The molecule has 1 aliphatic rings. The number of nitrogens with zero attached hydrogens (tertiary/aromatic N) is 5. The Bertz CT molecular complexity index is 606. The molecule has 0 saturated carbocycles. The summed E-state index contributed by atoms with van der Waals surface area (Å²) in [6.07, 6.45) is 5.25. The Labute approximate surface area is 125 Å². The zero-order valence-electron chi connectivity index (χ0n) is 12.9. The Balaban J connectivity index is 1.90. The van der Waals surface area contributed by atoms with E-state index in [1.165, 1.54) is 12.8 Å². The van der Waals surface area contributed by atoms with Gasteiger partial charge in [-0.1, -0.05) is 13.8 Å². The lowest BCUT2D eigenvalue weighted by Gasteiger charge is -2.34. The number of aryl methyl sites for hydroxylation is 1. The minimum Gasteiger partial charge on any atom is -0.331 e. The van der Waals surface area contributed by atoms with Gasteiger partial charge in [0.2, 0.25) is 5.95 Å². The number of rotatable bonds is 3. The predicted molar refractivity (Wildman–Crippen MR) is 81.2 cm³/mol. The smallest absolute Gasteiger partial charge is 0.226 e. The Morgan fingerprint density at radius 1 is 1.29 bits per heavy atom. The lowest BCUT2D eigenvalue weighted by molar-refractivity contribution is 0.449. The van der Waals surface area contributed by atoms with Crippen molar-refractivity contribution in [3.05, 3.63) is 29.6 Å². The SMILES string of the molecule is Cc1ccnc(N2CCCCC2c2nc(C(C)C)n[nH]2)n1. The second-order valence-electron chi connectivity index (χ2n) is 5.94. The second-order valence-corrected chi connectivity index (χ2v) is 5.94. The van der Waals surface area contributed by atoms with Crippen LogP contribution in [-0.2, 0) is 0 Å². The summed E-state index contributed by atoms with van der Waals surface area (Å²) in [5.41, 5.74) is 0.991. The number of aromatic nitrogens is 5. The Kier molecular flexibility index (Phi) is 3.86. The third-order valence-corrected chi connectivity index (χ3v) is 3.89. The molecule has 1 aliphatic heterocycles. The largest absolute Gasteiger partial charge is 0.331 e. The molecule has 1 fully saturated rings. The van der Waals surface area contributed by atoms with Crippen LogP contribution in [0.4, 0.5) is 5.95 Å². The number of hydrogen-bond acceptors (Lipinski definition) is 5. The number of H-pyrrole nitrogens is 1. The highest BCUT2D eigenvalue weighted by molar-refractivity contribution is 5.34. The fourth-order valence-corrected chi connectivity index (χ4v) is 2.72. The van der Waals surface area contributed by atoms with Crippen LogP contribution in [0.15, 0.2) is 12.3 Å². The third-order valence-electron chi connectivity index (χ3n) is 3.89. The van der Waals surface area contributed by atoms with Gasteiger partial charge in [-0.3, -0.25) is 5.10 Å². The number of anilines is 1. The van der Waals surface area contributed by atoms with Gasteiger partial charge in [0.05, 0.1) is 6.04 Å². The highest BCUT2D eigenvalue weighted by Crippen LogP contribution is 2.31. The zero-order chi connectivity index (χ0) is 14.8. The van der Waals surface area contributed by atoms with E-state index >= 15 is 0 Å². The topological polar surface area (TPSA) is 70.6 Å². The molecule has 112 valence electrons. The fourth-order valence-electron chi connectivity index (χ4n) is 2.72. The van der Waals surface area contributed by atoms with Crippen molar-refractivity contribution in [3.63, 3.8) is 0 Å². The van der Waals surface area contributed by atoms with Crippen molar-refractivity contribution in [2.45, 2.75) is 52.0 Å². The van der Waals surface area contributed by atoms with E-state index in [0.717, 1.165) is 36.3 Å². The molecule has 0 bridgehead atoms.